The number of furan rings is 1. The van der Waals surface area contributed by atoms with E-state index in [-0.39, 0.29) is 12.0 Å². The predicted octanol–water partition coefficient (Wildman–Crippen LogP) is 19.4. The maximum Gasteiger partial charge on any atom is 0.136 e. The SMILES string of the molecule is CCC1/C(c2cccc3sc4c(-c5ccc6c(c5)CC(CCc5ccccc5)c5ccccc5-6)cccc4c23)=C\CC/C(c2ccc3c(c2)oc2ccccc23)=N\C1c1cccc2sc3ccccc3c12. The molecule has 0 spiro atoms. The van der Waals surface area contributed by atoms with Gasteiger partial charge in [0.1, 0.15) is 11.2 Å². The van der Waals surface area contributed by atoms with Gasteiger partial charge >= 0.3 is 0 Å². The molecule has 0 fully saturated rings. The van der Waals surface area contributed by atoms with Crippen LogP contribution in [0.1, 0.15) is 77.9 Å². The van der Waals surface area contributed by atoms with E-state index in [0.29, 0.717) is 5.92 Å². The normalized spacial score (nSPS) is 18.6. The third kappa shape index (κ3) is 7.22. The van der Waals surface area contributed by atoms with Gasteiger partial charge in [-0.1, -0.05) is 171 Å². The molecule has 3 unspecified atom stereocenters. The number of hydrogen-bond acceptors (Lipinski definition) is 4. The molecule has 1 aliphatic carbocycles. The Morgan fingerprint density at radius 3 is 2.15 bits per heavy atom. The number of thiophene rings is 2. The number of hydrogen-bond donors (Lipinski definition) is 0. The monoisotopic (exact) mass is 949 g/mol. The molecule has 2 nitrogen and oxygen atoms in total. The van der Waals surface area contributed by atoms with Crippen LogP contribution in [0.3, 0.4) is 0 Å². The Bertz CT molecular complexity index is 4110. The first-order valence-electron chi connectivity index (χ1n) is 25.4. The Morgan fingerprint density at radius 2 is 1.24 bits per heavy atom. The van der Waals surface area contributed by atoms with Crippen LogP contribution < -0.4 is 0 Å². The van der Waals surface area contributed by atoms with Crippen LogP contribution in [0.5, 0.6) is 0 Å². The second-order valence-corrected chi connectivity index (χ2v) is 21.8. The lowest BCUT2D eigenvalue weighted by atomic mass is 9.76. The zero-order valence-corrected chi connectivity index (χ0v) is 41.3. The lowest BCUT2D eigenvalue weighted by Crippen LogP contribution is -2.18. The van der Waals surface area contributed by atoms with E-state index in [4.69, 9.17) is 9.41 Å². The second kappa shape index (κ2) is 17.5. The molecule has 0 bridgehead atoms. The van der Waals surface area contributed by atoms with E-state index < -0.39 is 0 Å². The molecule has 14 rings (SSSR count). The van der Waals surface area contributed by atoms with Crippen molar-refractivity contribution in [2.24, 2.45) is 10.9 Å². The summed E-state index contributed by atoms with van der Waals surface area (Å²) in [5.74, 6) is 0.613. The van der Waals surface area contributed by atoms with Crippen molar-refractivity contribution in [3.8, 4) is 22.3 Å². The molecule has 4 heteroatoms. The minimum absolute atomic E-state index is 0.109. The molecule has 1 aliphatic heterocycles. The zero-order valence-electron chi connectivity index (χ0n) is 39.7. The third-order valence-electron chi connectivity index (χ3n) is 15.8. The molecule has 342 valence electrons. The maximum absolute atomic E-state index is 6.47. The fourth-order valence-corrected chi connectivity index (χ4v) is 14.9. The van der Waals surface area contributed by atoms with E-state index in [1.54, 1.807) is 0 Å². The fourth-order valence-electron chi connectivity index (χ4n) is 12.4. The third-order valence-corrected chi connectivity index (χ3v) is 18.1. The molecule has 0 N–H and O–H groups in total. The molecule has 0 radical (unpaired) electrons. The van der Waals surface area contributed by atoms with Crippen molar-refractivity contribution in [1.82, 2.24) is 0 Å². The summed E-state index contributed by atoms with van der Waals surface area (Å²) in [7, 11) is 0. The summed E-state index contributed by atoms with van der Waals surface area (Å²) in [4.78, 5) is 6.01. The lowest BCUT2D eigenvalue weighted by molar-refractivity contribution is 0.522. The molecule has 0 amide bonds. The molecule has 3 atom stereocenters. The van der Waals surface area contributed by atoms with Gasteiger partial charge in [-0.05, 0) is 142 Å². The summed E-state index contributed by atoms with van der Waals surface area (Å²) >= 11 is 3.84. The predicted molar refractivity (Wildman–Crippen MR) is 305 cm³/mol. The highest BCUT2D eigenvalue weighted by molar-refractivity contribution is 7.26. The summed E-state index contributed by atoms with van der Waals surface area (Å²) in [5.41, 5.74) is 18.0. The van der Waals surface area contributed by atoms with Crippen LogP contribution in [0.15, 0.2) is 210 Å². The summed E-state index contributed by atoms with van der Waals surface area (Å²) in [6.45, 7) is 2.37. The second-order valence-electron chi connectivity index (χ2n) is 19.7. The molecule has 71 heavy (non-hydrogen) atoms. The molecule has 3 aromatic heterocycles. The Morgan fingerprint density at radius 1 is 0.535 bits per heavy atom. The Balaban J connectivity index is 0.888. The highest BCUT2D eigenvalue weighted by Gasteiger charge is 2.32. The first-order chi connectivity index (χ1) is 35.1. The molecule has 0 saturated heterocycles. The highest BCUT2D eigenvalue weighted by Crippen LogP contribution is 2.51. The van der Waals surface area contributed by atoms with Gasteiger partial charge in [-0.3, -0.25) is 4.99 Å². The summed E-state index contributed by atoms with van der Waals surface area (Å²) < 4.78 is 11.8. The molecule has 12 aromatic rings. The summed E-state index contributed by atoms with van der Waals surface area (Å²) in [6, 6.07) is 72.4. The number of para-hydroxylation sites is 1. The quantitative estimate of drug-likeness (QED) is 0.149. The van der Waals surface area contributed by atoms with E-state index in [0.717, 1.165) is 71.7 Å². The number of aryl methyl sites for hydroxylation is 1. The summed E-state index contributed by atoms with van der Waals surface area (Å²) in [6.07, 6.45) is 8.54. The number of rotatable bonds is 8. The van der Waals surface area contributed by atoms with E-state index in [2.05, 4.69) is 201 Å². The topological polar surface area (TPSA) is 25.5 Å². The van der Waals surface area contributed by atoms with Gasteiger partial charge in [-0.25, -0.2) is 0 Å². The van der Waals surface area contributed by atoms with Gasteiger partial charge in [0.2, 0.25) is 0 Å². The lowest BCUT2D eigenvalue weighted by Gasteiger charge is -2.30. The van der Waals surface area contributed by atoms with Gasteiger partial charge in [0.15, 0.2) is 0 Å². The number of allylic oxidation sites excluding steroid dienone is 1. The molecule has 0 saturated carbocycles. The average Bonchev–Trinajstić information content (AvgIpc) is 4.12. The Labute approximate surface area is 422 Å². The average molecular weight is 950 g/mol. The van der Waals surface area contributed by atoms with E-state index in [9.17, 15) is 0 Å². The minimum atomic E-state index is -0.109. The largest absolute Gasteiger partial charge is 0.456 e. The van der Waals surface area contributed by atoms with E-state index >= 15 is 0 Å². The van der Waals surface area contributed by atoms with Crippen LogP contribution in [0.2, 0.25) is 0 Å². The standard InChI is InChI=1S/C67H51NOS2/c1-2-46-50(23-13-27-58(44-35-37-53-52-20-8-10-28-59(52)69-60(53)40-44)68-66(46)56-25-15-30-62-65(56)55-21-9-11-29-61(55)70-62)54-24-14-31-63-64(54)57-26-12-22-49(67(57)71-63)43-34-36-48-45(39-43)38-42(47-18-6-7-19-51(47)48)33-32-41-16-4-3-5-17-41/h3-12,14-26,28-31,34-37,39-40,42,46,66H,2,13,27,32-33,38H2,1H3/b50-23+,68-58+. The van der Waals surface area contributed by atoms with Crippen molar-refractivity contribution in [3.05, 3.63) is 234 Å². The van der Waals surface area contributed by atoms with Crippen LogP contribution in [-0.2, 0) is 12.8 Å². The van der Waals surface area contributed by atoms with Crippen molar-refractivity contribution in [3.63, 3.8) is 0 Å². The van der Waals surface area contributed by atoms with Crippen molar-refractivity contribution in [1.29, 1.82) is 0 Å². The van der Waals surface area contributed by atoms with Crippen molar-refractivity contribution >= 4 is 96.2 Å². The number of nitrogens with zero attached hydrogens (tertiary/aromatic N) is 1. The van der Waals surface area contributed by atoms with Gasteiger partial charge in [0.25, 0.3) is 0 Å². The van der Waals surface area contributed by atoms with E-state index in [1.807, 2.05) is 28.7 Å². The maximum atomic E-state index is 6.47. The minimum Gasteiger partial charge on any atom is -0.456 e. The number of benzene rings is 9. The first-order valence-corrected chi connectivity index (χ1v) is 27.1. The smallest absolute Gasteiger partial charge is 0.136 e. The van der Waals surface area contributed by atoms with Crippen LogP contribution in [-0.4, -0.2) is 5.71 Å². The number of fused-ring (bicyclic) bond motifs is 12. The van der Waals surface area contributed by atoms with Gasteiger partial charge in [-0.15, -0.1) is 22.7 Å². The number of aliphatic imine (C=N–C) groups is 1. The van der Waals surface area contributed by atoms with Gasteiger partial charge in [0.05, 0.1) is 6.04 Å². The molecule has 4 heterocycles. The molecular formula is C67H51NOS2. The molecule has 2 aliphatic rings. The molecule has 9 aromatic carbocycles. The van der Waals surface area contributed by atoms with Crippen LogP contribution >= 0.6 is 22.7 Å². The zero-order chi connectivity index (χ0) is 47.0. The Kier molecular flexibility index (Phi) is 10.5. The fraction of sp³-hybridized carbons (Fsp3) is 0.149. The van der Waals surface area contributed by atoms with Crippen molar-refractivity contribution in [2.75, 3.05) is 0 Å². The van der Waals surface area contributed by atoms with E-state index in [1.165, 1.54) is 96.0 Å². The first kappa shape index (κ1) is 42.5. The van der Waals surface area contributed by atoms with Gasteiger partial charge in [0, 0.05) is 62.7 Å². The van der Waals surface area contributed by atoms with Crippen LogP contribution in [0.4, 0.5) is 0 Å². The summed E-state index contributed by atoms with van der Waals surface area (Å²) in [5, 5.41) is 7.66. The highest BCUT2D eigenvalue weighted by atomic mass is 32.1. The van der Waals surface area contributed by atoms with Crippen molar-refractivity contribution < 1.29 is 4.42 Å². The van der Waals surface area contributed by atoms with Crippen molar-refractivity contribution in [2.45, 2.75) is 57.4 Å². The molecular weight excluding hydrogens is 899 g/mol. The van der Waals surface area contributed by atoms with Gasteiger partial charge in [-0.2, -0.15) is 0 Å². The van der Waals surface area contributed by atoms with Crippen LogP contribution in [0, 0.1) is 5.92 Å². The van der Waals surface area contributed by atoms with Gasteiger partial charge < -0.3 is 4.42 Å². The van der Waals surface area contributed by atoms with Crippen LogP contribution in [0.25, 0.3) is 90.1 Å². The Hall–Kier alpha value is -7.37.